The summed E-state index contributed by atoms with van der Waals surface area (Å²) in [7, 11) is 0. The molecule has 2 heterocycles. The number of aliphatic hydroxyl groups excluding tert-OH is 1. The fourth-order valence-electron chi connectivity index (χ4n) is 3.17. The number of thioether (sulfide) groups is 1. The molecule has 1 saturated heterocycles. The first kappa shape index (κ1) is 13.0. The maximum atomic E-state index is 9.18. The molecule has 3 rings (SSSR count). The number of ether oxygens (including phenoxy) is 1. The second-order valence-electron chi connectivity index (χ2n) is 5.74. The van der Waals surface area contributed by atoms with Crippen molar-refractivity contribution in [3.63, 3.8) is 0 Å². The van der Waals surface area contributed by atoms with Gasteiger partial charge >= 0.3 is 0 Å². The molecule has 1 N–H and O–H groups in total. The zero-order valence-corrected chi connectivity index (χ0v) is 11.6. The van der Waals surface area contributed by atoms with Crippen molar-refractivity contribution in [3.05, 3.63) is 11.5 Å². The molecule has 1 aliphatic carbocycles. The third-order valence-electron chi connectivity index (χ3n) is 4.28. The van der Waals surface area contributed by atoms with E-state index in [9.17, 15) is 5.11 Å². The summed E-state index contributed by atoms with van der Waals surface area (Å²) in [6.07, 6.45) is 7.64. The van der Waals surface area contributed by atoms with Gasteiger partial charge in [0.15, 0.2) is 0 Å². The molecular weight excluding hydrogens is 246 g/mol. The van der Waals surface area contributed by atoms with Gasteiger partial charge in [0, 0.05) is 31.5 Å². The van der Waals surface area contributed by atoms with Gasteiger partial charge in [-0.05, 0) is 37.0 Å². The molecule has 4 heteroatoms. The highest BCUT2D eigenvalue weighted by Gasteiger charge is 2.32. The number of allylic oxidation sites excluding steroid dienone is 1. The molecule has 0 aromatic rings. The summed E-state index contributed by atoms with van der Waals surface area (Å²) in [6.45, 7) is 3.67. The van der Waals surface area contributed by atoms with Crippen LogP contribution < -0.4 is 0 Å². The molecule has 0 aromatic heterocycles. The van der Waals surface area contributed by atoms with Gasteiger partial charge in [-0.1, -0.05) is 6.08 Å². The van der Waals surface area contributed by atoms with Gasteiger partial charge < -0.3 is 9.84 Å². The van der Waals surface area contributed by atoms with Gasteiger partial charge in [0.2, 0.25) is 0 Å². The molecule has 3 unspecified atom stereocenters. The molecule has 3 nitrogen and oxygen atoms in total. The monoisotopic (exact) mass is 269 g/mol. The average molecular weight is 269 g/mol. The molecule has 0 bridgehead atoms. The largest absolute Gasteiger partial charge is 0.390 e. The number of β-amino-alcohol motifs (C(OH)–C–C–N with tert-alkyl or cyclic N) is 1. The molecule has 0 radical (unpaired) electrons. The maximum absolute atomic E-state index is 9.18. The second-order valence-corrected chi connectivity index (χ2v) is 6.89. The van der Waals surface area contributed by atoms with Crippen molar-refractivity contribution in [1.82, 2.24) is 4.90 Å². The highest BCUT2D eigenvalue weighted by atomic mass is 32.2. The summed E-state index contributed by atoms with van der Waals surface area (Å²) >= 11 is 2.00. The third kappa shape index (κ3) is 3.10. The summed E-state index contributed by atoms with van der Waals surface area (Å²) in [5, 5.41) is 12.3. The van der Waals surface area contributed by atoms with Gasteiger partial charge in [0.25, 0.3) is 0 Å². The number of fused-ring (bicyclic) bond motifs is 1. The molecular formula is C14H23NO2S. The van der Waals surface area contributed by atoms with E-state index in [1.165, 1.54) is 19.3 Å². The maximum Gasteiger partial charge on any atom is 0.0793 e. The quantitative estimate of drug-likeness (QED) is 0.772. The van der Waals surface area contributed by atoms with Gasteiger partial charge in [-0.2, -0.15) is 0 Å². The molecule has 2 aliphatic heterocycles. The minimum atomic E-state index is -0.0761. The zero-order chi connectivity index (χ0) is 12.4. The van der Waals surface area contributed by atoms with Crippen LogP contribution in [0.2, 0.25) is 0 Å². The van der Waals surface area contributed by atoms with Crippen LogP contribution in [0.3, 0.4) is 0 Å². The lowest BCUT2D eigenvalue weighted by Crippen LogP contribution is -2.50. The van der Waals surface area contributed by atoms with Crippen LogP contribution >= 0.6 is 11.8 Å². The van der Waals surface area contributed by atoms with Crippen molar-refractivity contribution in [1.29, 1.82) is 0 Å². The summed E-state index contributed by atoms with van der Waals surface area (Å²) in [4.78, 5) is 2.29. The molecule has 102 valence electrons. The lowest BCUT2D eigenvalue weighted by Gasteiger charge is -2.36. The molecule has 0 spiro atoms. The lowest BCUT2D eigenvalue weighted by atomic mass is 9.87. The Bertz CT molecular complexity index is 304. The van der Waals surface area contributed by atoms with E-state index in [-0.39, 0.29) is 6.10 Å². The standard InChI is InChI=1S/C14H23NO2S/c16-12-9-15(10-12)5-1-6-17-13-2-3-14-11(8-13)4-7-18-14/h4,7,11-14,16H,1-3,5-6,8-10H2. The van der Waals surface area contributed by atoms with Crippen molar-refractivity contribution < 1.29 is 9.84 Å². The van der Waals surface area contributed by atoms with Crippen LogP contribution in [-0.4, -0.2) is 53.7 Å². The van der Waals surface area contributed by atoms with E-state index in [1.54, 1.807) is 0 Å². The Balaban J connectivity index is 1.28. The Morgan fingerprint density at radius 1 is 1.33 bits per heavy atom. The Labute approximate surface area is 114 Å². The molecule has 0 amide bonds. The highest BCUT2D eigenvalue weighted by molar-refractivity contribution is 8.03. The Morgan fingerprint density at radius 3 is 3.06 bits per heavy atom. The smallest absolute Gasteiger partial charge is 0.0793 e. The molecule has 3 aliphatic rings. The fraction of sp³-hybridized carbons (Fsp3) is 0.857. The minimum absolute atomic E-state index is 0.0761. The van der Waals surface area contributed by atoms with Crippen LogP contribution in [-0.2, 0) is 4.74 Å². The second kappa shape index (κ2) is 5.95. The van der Waals surface area contributed by atoms with E-state index in [4.69, 9.17) is 4.74 Å². The van der Waals surface area contributed by atoms with Crippen LogP contribution in [0.1, 0.15) is 25.7 Å². The molecule has 1 saturated carbocycles. The van der Waals surface area contributed by atoms with Crippen LogP contribution in [0, 0.1) is 5.92 Å². The first-order valence-electron chi connectivity index (χ1n) is 7.15. The number of nitrogens with zero attached hydrogens (tertiary/aromatic N) is 1. The summed E-state index contributed by atoms with van der Waals surface area (Å²) in [6, 6.07) is 0. The number of hydrogen-bond acceptors (Lipinski definition) is 4. The topological polar surface area (TPSA) is 32.7 Å². The summed E-state index contributed by atoms with van der Waals surface area (Å²) < 4.78 is 6.00. The molecule has 0 aromatic carbocycles. The van der Waals surface area contributed by atoms with Crippen LogP contribution in [0.5, 0.6) is 0 Å². The fourth-order valence-corrected chi connectivity index (χ4v) is 4.34. The highest BCUT2D eigenvalue weighted by Crippen LogP contribution is 2.40. The summed E-state index contributed by atoms with van der Waals surface area (Å²) in [5.41, 5.74) is 0. The first-order chi connectivity index (χ1) is 8.81. The van der Waals surface area contributed by atoms with Gasteiger partial charge in [-0.15, -0.1) is 11.8 Å². The Kier molecular flexibility index (Phi) is 4.29. The SMILES string of the molecule is OC1CN(CCCOC2CCC3SC=CC3C2)C1. The van der Waals surface area contributed by atoms with Crippen molar-refractivity contribution in [2.75, 3.05) is 26.2 Å². The third-order valence-corrected chi connectivity index (χ3v) is 5.52. The van der Waals surface area contributed by atoms with E-state index in [2.05, 4.69) is 16.4 Å². The first-order valence-corrected chi connectivity index (χ1v) is 8.09. The predicted molar refractivity (Wildman–Crippen MR) is 74.7 cm³/mol. The van der Waals surface area contributed by atoms with Gasteiger partial charge in [-0.3, -0.25) is 4.90 Å². The van der Waals surface area contributed by atoms with Gasteiger partial charge in [-0.25, -0.2) is 0 Å². The van der Waals surface area contributed by atoms with Crippen molar-refractivity contribution in [2.45, 2.75) is 43.1 Å². The predicted octanol–water partition coefficient (Wildman–Crippen LogP) is 1.87. The minimum Gasteiger partial charge on any atom is -0.390 e. The lowest BCUT2D eigenvalue weighted by molar-refractivity contribution is -0.0148. The number of aliphatic hydroxyl groups is 1. The molecule has 2 fully saturated rings. The Hall–Kier alpha value is -0.0300. The normalized spacial score (nSPS) is 36.6. The molecule has 3 atom stereocenters. The van der Waals surface area contributed by atoms with Crippen molar-refractivity contribution in [3.8, 4) is 0 Å². The zero-order valence-electron chi connectivity index (χ0n) is 10.8. The average Bonchev–Trinajstić information content (AvgIpc) is 2.79. The van der Waals surface area contributed by atoms with E-state index in [0.29, 0.717) is 6.10 Å². The summed E-state index contributed by atoms with van der Waals surface area (Å²) in [5.74, 6) is 0.763. The van der Waals surface area contributed by atoms with Crippen LogP contribution in [0.4, 0.5) is 0 Å². The van der Waals surface area contributed by atoms with Crippen LogP contribution in [0.25, 0.3) is 0 Å². The van der Waals surface area contributed by atoms with E-state index in [0.717, 1.165) is 43.8 Å². The number of likely N-dealkylation sites (tertiary alicyclic amines) is 1. The van der Waals surface area contributed by atoms with Crippen LogP contribution in [0.15, 0.2) is 11.5 Å². The van der Waals surface area contributed by atoms with Gasteiger partial charge in [0.1, 0.15) is 0 Å². The van der Waals surface area contributed by atoms with Crippen molar-refractivity contribution in [2.24, 2.45) is 5.92 Å². The molecule has 18 heavy (non-hydrogen) atoms. The van der Waals surface area contributed by atoms with Crippen molar-refractivity contribution >= 4 is 11.8 Å². The van der Waals surface area contributed by atoms with E-state index < -0.39 is 0 Å². The Morgan fingerprint density at radius 2 is 2.22 bits per heavy atom. The van der Waals surface area contributed by atoms with E-state index in [1.807, 2.05) is 11.8 Å². The number of hydrogen-bond donors (Lipinski definition) is 1. The van der Waals surface area contributed by atoms with E-state index >= 15 is 0 Å². The number of rotatable bonds is 5. The van der Waals surface area contributed by atoms with Gasteiger partial charge in [0.05, 0.1) is 12.2 Å².